The molecule has 7 nitrogen and oxygen atoms in total. The molecule has 0 bridgehead atoms. The molecular weight excluding hydrogens is 234 g/mol. The maximum atomic E-state index is 12.0. The highest BCUT2D eigenvalue weighted by atomic mass is 32.2. The van der Waals surface area contributed by atoms with Crippen LogP contribution in [0, 0.1) is 0 Å². The van der Waals surface area contributed by atoms with E-state index in [4.69, 9.17) is 5.11 Å². The third kappa shape index (κ3) is 2.07. The number of carboxylic acid groups (broad SMARTS) is 1. The average molecular weight is 247 g/mol. The second-order valence-corrected chi connectivity index (χ2v) is 5.47. The molecule has 0 saturated carbocycles. The van der Waals surface area contributed by atoms with Crippen molar-refractivity contribution in [3.63, 3.8) is 0 Å². The van der Waals surface area contributed by atoms with Gasteiger partial charge in [-0.05, 0) is 13.8 Å². The van der Waals surface area contributed by atoms with E-state index in [1.807, 2.05) is 0 Å². The number of nitrogens with zero attached hydrogens (tertiary/aromatic N) is 2. The molecule has 0 fully saturated rings. The normalized spacial score (nSPS) is 12.3. The highest BCUT2D eigenvalue weighted by molar-refractivity contribution is 7.89. The molecule has 2 N–H and O–H groups in total. The van der Waals surface area contributed by atoms with Crippen molar-refractivity contribution in [3.05, 3.63) is 11.8 Å². The van der Waals surface area contributed by atoms with E-state index in [0.717, 1.165) is 10.5 Å². The molecule has 0 radical (unpaired) electrons. The highest BCUT2D eigenvalue weighted by Crippen LogP contribution is 2.17. The van der Waals surface area contributed by atoms with Crippen molar-refractivity contribution in [2.75, 3.05) is 7.05 Å². The van der Waals surface area contributed by atoms with Gasteiger partial charge >= 0.3 is 5.97 Å². The first-order chi connectivity index (χ1) is 7.28. The highest BCUT2D eigenvalue weighted by Gasteiger charge is 2.29. The minimum absolute atomic E-state index is 0.269. The number of carboxylic acids is 1. The van der Waals surface area contributed by atoms with Crippen LogP contribution in [0.2, 0.25) is 0 Å². The standard InChI is InChI=1S/C8H13N3O4S/c1-5(2)11(3)16(14,15)7-6(8(12)13)4-9-10-7/h4-5H,1-3H3,(H,9,10)(H,12,13). The van der Waals surface area contributed by atoms with Crippen molar-refractivity contribution in [2.45, 2.75) is 24.9 Å². The maximum Gasteiger partial charge on any atom is 0.340 e. The molecule has 0 spiro atoms. The van der Waals surface area contributed by atoms with E-state index in [1.165, 1.54) is 7.05 Å². The summed E-state index contributed by atoms with van der Waals surface area (Å²) in [6.45, 7) is 3.38. The van der Waals surface area contributed by atoms with Crippen LogP contribution in [0.1, 0.15) is 24.2 Å². The van der Waals surface area contributed by atoms with Crippen molar-refractivity contribution in [1.29, 1.82) is 0 Å². The summed E-state index contributed by atoms with van der Waals surface area (Å²) in [5, 5.41) is 14.0. The van der Waals surface area contributed by atoms with Crippen molar-refractivity contribution >= 4 is 16.0 Å². The molecule has 0 saturated heterocycles. The molecule has 8 heteroatoms. The van der Waals surface area contributed by atoms with Gasteiger partial charge in [-0.2, -0.15) is 9.40 Å². The lowest BCUT2D eigenvalue weighted by atomic mass is 10.4. The van der Waals surface area contributed by atoms with Crippen molar-refractivity contribution in [3.8, 4) is 0 Å². The number of aromatic amines is 1. The second-order valence-electron chi connectivity index (χ2n) is 3.53. The Morgan fingerprint density at radius 3 is 2.56 bits per heavy atom. The molecule has 0 aromatic carbocycles. The zero-order chi connectivity index (χ0) is 12.5. The first-order valence-corrected chi connectivity index (χ1v) is 5.97. The minimum Gasteiger partial charge on any atom is -0.478 e. The van der Waals surface area contributed by atoms with E-state index in [-0.39, 0.29) is 11.6 Å². The van der Waals surface area contributed by atoms with E-state index < -0.39 is 21.0 Å². The smallest absolute Gasteiger partial charge is 0.340 e. The Kier molecular flexibility index (Phi) is 3.34. The number of aromatic nitrogens is 2. The van der Waals surface area contributed by atoms with Gasteiger partial charge in [-0.15, -0.1) is 0 Å². The summed E-state index contributed by atoms with van der Waals surface area (Å²) >= 11 is 0. The van der Waals surface area contributed by atoms with Crippen molar-refractivity contribution in [1.82, 2.24) is 14.5 Å². The summed E-state index contributed by atoms with van der Waals surface area (Å²) in [5.74, 6) is -1.33. The number of carbonyl (C=O) groups is 1. The van der Waals surface area contributed by atoms with Crippen LogP contribution in [0.4, 0.5) is 0 Å². The Labute approximate surface area is 93.1 Å². The molecule has 0 aliphatic rings. The number of hydrogen-bond donors (Lipinski definition) is 2. The molecule has 1 rings (SSSR count). The summed E-state index contributed by atoms with van der Waals surface area (Å²) in [5.41, 5.74) is -0.354. The van der Waals surface area contributed by atoms with Gasteiger partial charge in [0.2, 0.25) is 0 Å². The van der Waals surface area contributed by atoms with Gasteiger partial charge in [0.05, 0.1) is 6.20 Å². The van der Waals surface area contributed by atoms with Crippen molar-refractivity contribution < 1.29 is 18.3 Å². The third-order valence-electron chi connectivity index (χ3n) is 2.20. The molecule has 16 heavy (non-hydrogen) atoms. The molecule has 0 unspecified atom stereocenters. The molecule has 0 aliphatic carbocycles. The van der Waals surface area contributed by atoms with Crippen molar-refractivity contribution in [2.24, 2.45) is 0 Å². The SMILES string of the molecule is CC(C)N(C)S(=O)(=O)c1[nH]ncc1C(=O)O. The maximum absolute atomic E-state index is 12.0. The average Bonchev–Trinajstić information content (AvgIpc) is 2.65. The summed E-state index contributed by atoms with van der Waals surface area (Å²) in [6.07, 6.45) is 0.976. The van der Waals surface area contributed by atoms with Gasteiger partial charge < -0.3 is 5.11 Å². The summed E-state index contributed by atoms with van der Waals surface area (Å²) in [6, 6.07) is -0.269. The molecule has 1 aromatic heterocycles. The summed E-state index contributed by atoms with van der Waals surface area (Å²) < 4.78 is 25.0. The molecular formula is C8H13N3O4S. The van der Waals surface area contributed by atoms with E-state index >= 15 is 0 Å². The number of rotatable bonds is 4. The summed E-state index contributed by atoms with van der Waals surface area (Å²) in [7, 11) is -2.45. The first-order valence-electron chi connectivity index (χ1n) is 4.53. The molecule has 1 aromatic rings. The Balaban J connectivity index is 3.28. The quantitative estimate of drug-likeness (QED) is 0.787. The van der Waals surface area contributed by atoms with E-state index in [0.29, 0.717) is 0 Å². The Hall–Kier alpha value is -1.41. The molecule has 0 amide bonds. The van der Waals surface area contributed by atoms with Crippen LogP contribution in [0.3, 0.4) is 0 Å². The van der Waals surface area contributed by atoms with E-state index in [1.54, 1.807) is 13.8 Å². The van der Waals surface area contributed by atoms with Crippen LogP contribution in [-0.4, -0.2) is 47.1 Å². The topological polar surface area (TPSA) is 103 Å². The second kappa shape index (κ2) is 4.22. The number of nitrogens with one attached hydrogen (secondary N) is 1. The van der Waals surface area contributed by atoms with Gasteiger partial charge in [0.15, 0.2) is 5.03 Å². The van der Waals surface area contributed by atoms with Crippen LogP contribution < -0.4 is 0 Å². The number of H-pyrrole nitrogens is 1. The number of hydrogen-bond acceptors (Lipinski definition) is 4. The predicted octanol–water partition coefficient (Wildman–Crippen LogP) is 0.137. The van der Waals surface area contributed by atoms with Crippen LogP contribution >= 0.6 is 0 Å². The van der Waals surface area contributed by atoms with Crippen LogP contribution in [0.25, 0.3) is 0 Å². The zero-order valence-corrected chi connectivity index (χ0v) is 9.95. The largest absolute Gasteiger partial charge is 0.478 e. The Bertz CT molecular complexity index is 491. The third-order valence-corrected chi connectivity index (χ3v) is 4.21. The van der Waals surface area contributed by atoms with Gasteiger partial charge in [0, 0.05) is 13.1 Å². The minimum atomic E-state index is -3.84. The molecule has 1 heterocycles. The zero-order valence-electron chi connectivity index (χ0n) is 9.13. The number of aromatic carboxylic acids is 1. The van der Waals surface area contributed by atoms with Crippen LogP contribution in [0.15, 0.2) is 11.2 Å². The predicted molar refractivity (Wildman–Crippen MR) is 55.6 cm³/mol. The fraction of sp³-hybridized carbons (Fsp3) is 0.500. The fourth-order valence-corrected chi connectivity index (χ4v) is 2.47. The van der Waals surface area contributed by atoms with Crippen LogP contribution in [0.5, 0.6) is 0 Å². The lowest BCUT2D eigenvalue weighted by Gasteiger charge is -2.20. The lowest BCUT2D eigenvalue weighted by molar-refractivity contribution is 0.0692. The van der Waals surface area contributed by atoms with Gasteiger partial charge in [-0.25, -0.2) is 13.2 Å². The van der Waals surface area contributed by atoms with E-state index in [9.17, 15) is 13.2 Å². The van der Waals surface area contributed by atoms with Crippen LogP contribution in [-0.2, 0) is 10.0 Å². The first kappa shape index (κ1) is 12.7. The number of sulfonamides is 1. The van der Waals surface area contributed by atoms with E-state index in [2.05, 4.69) is 10.2 Å². The Morgan fingerprint density at radius 1 is 1.56 bits per heavy atom. The Morgan fingerprint density at radius 2 is 2.12 bits per heavy atom. The monoisotopic (exact) mass is 247 g/mol. The van der Waals surface area contributed by atoms with Gasteiger partial charge in [0.25, 0.3) is 10.0 Å². The molecule has 90 valence electrons. The van der Waals surface area contributed by atoms with Gasteiger partial charge in [-0.3, -0.25) is 5.10 Å². The van der Waals surface area contributed by atoms with Gasteiger partial charge in [0.1, 0.15) is 5.56 Å². The fourth-order valence-electron chi connectivity index (χ4n) is 1.04. The summed E-state index contributed by atoms with van der Waals surface area (Å²) in [4.78, 5) is 10.8. The van der Waals surface area contributed by atoms with Gasteiger partial charge in [-0.1, -0.05) is 0 Å². The molecule has 0 aliphatic heterocycles. The molecule has 0 atom stereocenters. The lowest BCUT2D eigenvalue weighted by Crippen LogP contribution is -2.34.